The number of hydrogen-bond acceptors (Lipinski definition) is 9. The van der Waals surface area contributed by atoms with Gasteiger partial charge in [-0.05, 0) is 0 Å². The SMILES string of the molecule is C1COCCN2CCOCCOCCN(CCO1)CCOCCOCC2.O=[N+](O)O.[Nd]. The first kappa shape index (κ1) is 31.2. The van der Waals surface area contributed by atoms with Crippen molar-refractivity contribution in [1.29, 1.82) is 0 Å². The Labute approximate surface area is 217 Å². The summed E-state index contributed by atoms with van der Waals surface area (Å²) in [6, 6.07) is 0. The van der Waals surface area contributed by atoms with Crippen molar-refractivity contribution in [3.63, 3.8) is 0 Å². The van der Waals surface area contributed by atoms with Crippen molar-refractivity contribution in [3.05, 3.63) is 4.91 Å². The maximum absolute atomic E-state index is 8.47. The van der Waals surface area contributed by atoms with Crippen molar-refractivity contribution in [1.82, 2.24) is 9.80 Å². The number of fused-ring (bicyclic) bond motifs is 21. The second-order valence-electron chi connectivity index (χ2n) is 6.61. The zero-order valence-electron chi connectivity index (χ0n) is 18.3. The van der Waals surface area contributed by atoms with Crippen molar-refractivity contribution in [3.8, 4) is 0 Å². The molecule has 3 aliphatic heterocycles. The van der Waals surface area contributed by atoms with E-state index in [2.05, 4.69) is 9.80 Å². The average Bonchev–Trinajstić information content (AvgIpc) is 2.70. The van der Waals surface area contributed by atoms with Crippen LogP contribution in [-0.4, -0.2) is 144 Å². The van der Waals surface area contributed by atoms with Gasteiger partial charge >= 0.3 is 5.09 Å². The van der Waals surface area contributed by atoms with Gasteiger partial charge in [0, 0.05) is 80.1 Å². The predicted octanol–water partition coefficient (Wildman–Crippen LogP) is -0.739. The van der Waals surface area contributed by atoms with Gasteiger partial charge in [0.2, 0.25) is 0 Å². The van der Waals surface area contributed by atoms with Gasteiger partial charge in [-0.1, -0.05) is 0 Å². The van der Waals surface area contributed by atoms with E-state index in [-0.39, 0.29) is 40.8 Å². The third-order valence-corrected chi connectivity index (χ3v) is 4.43. The molecule has 3 fully saturated rings. The summed E-state index contributed by atoms with van der Waals surface area (Å²) in [6.45, 7) is 13.2. The van der Waals surface area contributed by atoms with Gasteiger partial charge in [0.1, 0.15) is 4.91 Å². The van der Waals surface area contributed by atoms with Crippen molar-refractivity contribution >= 4 is 0 Å². The second kappa shape index (κ2) is 23.4. The first-order valence-electron chi connectivity index (χ1n) is 10.4. The van der Waals surface area contributed by atoms with Gasteiger partial charge in [-0.2, -0.15) is 0 Å². The van der Waals surface area contributed by atoms with Crippen LogP contribution in [0.15, 0.2) is 0 Å². The smallest absolute Gasteiger partial charge is 0.378 e. The fourth-order valence-corrected chi connectivity index (χ4v) is 2.80. The molecule has 3 heterocycles. The summed E-state index contributed by atoms with van der Waals surface area (Å²) in [4.78, 5) is 13.1. The van der Waals surface area contributed by atoms with Crippen LogP contribution in [0.5, 0.6) is 0 Å². The van der Waals surface area contributed by atoms with Gasteiger partial charge in [0.25, 0.3) is 0 Å². The van der Waals surface area contributed by atoms with Crippen LogP contribution in [0.25, 0.3) is 0 Å². The van der Waals surface area contributed by atoms with Crippen LogP contribution in [0, 0.1) is 45.7 Å². The molecule has 0 amide bonds. The van der Waals surface area contributed by atoms with E-state index in [0.717, 1.165) is 39.3 Å². The zero-order chi connectivity index (χ0) is 21.7. The van der Waals surface area contributed by atoms with Crippen LogP contribution in [0.3, 0.4) is 0 Å². The minimum absolute atomic E-state index is 0. The summed E-state index contributed by atoms with van der Waals surface area (Å²) in [5.74, 6) is 0. The molecule has 0 aromatic carbocycles. The molecular weight excluding hydrogens is 546 g/mol. The summed E-state index contributed by atoms with van der Waals surface area (Å²) < 4.78 is 34.2. The number of rotatable bonds is 0. The Kier molecular flexibility index (Phi) is 23.6. The molecule has 3 saturated heterocycles. The van der Waals surface area contributed by atoms with Gasteiger partial charge in [0.05, 0.1) is 79.3 Å². The van der Waals surface area contributed by atoms with Crippen molar-refractivity contribution in [2.24, 2.45) is 0 Å². The monoisotopic (exact) mass is 582 g/mol. The number of nitrogens with zero attached hydrogens (tertiary/aromatic N) is 3. The van der Waals surface area contributed by atoms with Crippen LogP contribution >= 0.6 is 0 Å². The Balaban J connectivity index is 0.00000165. The van der Waals surface area contributed by atoms with E-state index >= 15 is 0 Å². The largest absolute Gasteiger partial charge is 0.472 e. The molecule has 0 atom stereocenters. The summed E-state index contributed by atoms with van der Waals surface area (Å²) in [6.07, 6.45) is 0. The topological polar surface area (TPSA) is 122 Å². The minimum atomic E-state index is -1.25. The molecule has 12 nitrogen and oxygen atoms in total. The van der Waals surface area contributed by atoms with Crippen LogP contribution in [0.1, 0.15) is 0 Å². The maximum Gasteiger partial charge on any atom is 0.472 e. The van der Waals surface area contributed by atoms with Gasteiger partial charge in [-0.15, -0.1) is 0 Å². The van der Waals surface area contributed by atoms with Crippen molar-refractivity contribution in [2.75, 3.05) is 119 Å². The number of ether oxygens (including phenoxy) is 6. The molecule has 13 heteroatoms. The molecule has 3 aliphatic rings. The van der Waals surface area contributed by atoms with Crippen molar-refractivity contribution in [2.45, 2.75) is 0 Å². The molecule has 0 saturated carbocycles. The molecule has 2 bridgehead atoms. The van der Waals surface area contributed by atoms with Gasteiger partial charge in [-0.25, -0.2) is 10.4 Å². The summed E-state index contributed by atoms with van der Waals surface area (Å²) in [5.41, 5.74) is 0. The van der Waals surface area contributed by atoms with Crippen LogP contribution in [0.4, 0.5) is 0 Å². The Morgan fingerprint density at radius 2 is 0.613 bits per heavy atom. The third kappa shape index (κ3) is 21.8. The van der Waals surface area contributed by atoms with Crippen LogP contribution in [0.2, 0.25) is 0 Å². The molecule has 0 radical (unpaired) electrons. The second-order valence-corrected chi connectivity index (χ2v) is 6.61. The molecule has 31 heavy (non-hydrogen) atoms. The molecule has 0 aliphatic carbocycles. The molecule has 0 unspecified atom stereocenters. The van der Waals surface area contributed by atoms with Gasteiger partial charge in [-0.3, -0.25) is 9.80 Å². The molecule has 2 N–H and O–H groups in total. The molecule has 3 rings (SSSR count). The van der Waals surface area contributed by atoms with Crippen LogP contribution < -0.4 is 0 Å². The third-order valence-electron chi connectivity index (χ3n) is 4.43. The zero-order valence-corrected chi connectivity index (χ0v) is 21.5. The molecular formula is C18H38N3NdO9+. The van der Waals surface area contributed by atoms with Gasteiger partial charge in [0.15, 0.2) is 0 Å². The number of hydrogen-bond donors (Lipinski definition) is 2. The Morgan fingerprint density at radius 1 is 0.452 bits per heavy atom. The van der Waals surface area contributed by atoms with E-state index < -0.39 is 5.09 Å². The van der Waals surface area contributed by atoms with Crippen molar-refractivity contribution < 1.29 is 84.8 Å². The minimum Gasteiger partial charge on any atom is -0.378 e. The van der Waals surface area contributed by atoms with E-state index in [1.807, 2.05) is 0 Å². The molecule has 0 aromatic heterocycles. The van der Waals surface area contributed by atoms with E-state index in [4.69, 9.17) is 43.7 Å². The molecule has 0 aromatic rings. The van der Waals surface area contributed by atoms with E-state index in [1.165, 1.54) is 0 Å². The first-order valence-corrected chi connectivity index (χ1v) is 10.4. The van der Waals surface area contributed by atoms with Gasteiger partial charge < -0.3 is 28.4 Å². The van der Waals surface area contributed by atoms with E-state index in [1.54, 1.807) is 0 Å². The molecule has 0 spiro atoms. The normalized spacial score (nSPS) is 26.3. The standard InChI is InChI=1S/C18H36N2O6.H2NO3.Nd/c1-7-21-13-14-24-10-4-20-5-11-25-17-15-22-8-2-19(1)3-9-23-16-18-26-12-6-20;2-1(3)4;/h1-18H2;(H2,2,3,4);/q;+1;. The maximum atomic E-state index is 8.47. The van der Waals surface area contributed by atoms with Crippen LogP contribution in [-0.2, 0) is 28.4 Å². The summed E-state index contributed by atoms with van der Waals surface area (Å²) in [7, 11) is 0. The average molecular weight is 585 g/mol. The quantitative estimate of drug-likeness (QED) is 0.350. The predicted molar refractivity (Wildman–Crippen MR) is 105 cm³/mol. The van der Waals surface area contributed by atoms with E-state index in [0.29, 0.717) is 79.3 Å². The fraction of sp³-hybridized carbons (Fsp3) is 1.00. The first-order chi connectivity index (χ1) is 14.7. The summed E-state index contributed by atoms with van der Waals surface area (Å²) >= 11 is 0. The Hall–Kier alpha value is 0.231. The fourth-order valence-electron chi connectivity index (χ4n) is 2.80. The Bertz CT molecular complexity index is 332. The van der Waals surface area contributed by atoms with E-state index in [9.17, 15) is 0 Å². The Morgan fingerprint density at radius 3 is 0.774 bits per heavy atom. The summed E-state index contributed by atoms with van der Waals surface area (Å²) in [5, 5.41) is 12.5. The molecule has 182 valence electrons.